The minimum atomic E-state index is -0.474. The topological polar surface area (TPSA) is 55.8 Å². The molecule has 1 aliphatic heterocycles. The van der Waals surface area contributed by atoms with Gasteiger partial charge in [-0.1, -0.05) is 22.6 Å². The summed E-state index contributed by atoms with van der Waals surface area (Å²) in [4.78, 5) is 25.4. The van der Waals surface area contributed by atoms with Gasteiger partial charge in [-0.15, -0.1) is 0 Å². The van der Waals surface area contributed by atoms with E-state index in [2.05, 4.69) is 22.6 Å². The highest BCUT2D eigenvalue weighted by molar-refractivity contribution is 14.1. The number of carbonyl (C=O) groups excluding carboxylic acids is 2. The number of hydrogen-bond donors (Lipinski definition) is 0. The van der Waals surface area contributed by atoms with E-state index in [1.54, 1.807) is 4.90 Å². The zero-order valence-corrected chi connectivity index (χ0v) is 16.4. The molecule has 0 unspecified atom stereocenters. The predicted octanol–water partition coefficient (Wildman–Crippen LogP) is 3.78. The quantitative estimate of drug-likeness (QED) is 0.391. The molecule has 1 fully saturated rings. The van der Waals surface area contributed by atoms with Crippen molar-refractivity contribution < 1.29 is 19.1 Å². The zero-order chi connectivity index (χ0) is 17.0. The first-order chi connectivity index (χ1) is 9.99. The molecule has 0 spiro atoms. The number of piperidine rings is 1. The molecular formula is C16H28INO4. The van der Waals surface area contributed by atoms with E-state index in [9.17, 15) is 9.59 Å². The first-order valence-electron chi connectivity index (χ1n) is 7.83. The number of hydrogen-bond acceptors (Lipinski definition) is 4. The molecule has 1 amide bonds. The summed E-state index contributed by atoms with van der Waals surface area (Å²) in [5.41, 5.74) is -0.450. The number of rotatable bonds is 4. The lowest BCUT2D eigenvalue weighted by Crippen LogP contribution is -2.41. The third-order valence-electron chi connectivity index (χ3n) is 3.51. The molecule has 0 aromatic rings. The smallest absolute Gasteiger partial charge is 0.410 e. The van der Waals surface area contributed by atoms with Gasteiger partial charge in [0.1, 0.15) is 9.02 Å². The molecule has 0 N–H and O–H groups in total. The maximum Gasteiger partial charge on any atom is 0.410 e. The third kappa shape index (κ3) is 7.15. The van der Waals surface area contributed by atoms with Crippen LogP contribution in [0, 0.1) is 5.92 Å². The Morgan fingerprint density at radius 3 is 2.14 bits per heavy atom. The first kappa shape index (κ1) is 19.5. The summed E-state index contributed by atoms with van der Waals surface area (Å²) >= 11 is 2.08. The average Bonchev–Trinajstić information content (AvgIpc) is 2.36. The van der Waals surface area contributed by atoms with Crippen LogP contribution in [0.5, 0.6) is 0 Å². The van der Waals surface area contributed by atoms with Gasteiger partial charge in [0.2, 0.25) is 0 Å². The van der Waals surface area contributed by atoms with Gasteiger partial charge in [0, 0.05) is 13.1 Å². The number of ether oxygens (including phenoxy) is 2. The molecule has 128 valence electrons. The summed E-state index contributed by atoms with van der Waals surface area (Å²) in [6, 6.07) is 0. The lowest BCUT2D eigenvalue weighted by molar-refractivity contribution is -0.145. The second-order valence-corrected chi connectivity index (χ2v) is 10.0. The van der Waals surface area contributed by atoms with Crippen LogP contribution in [0.2, 0.25) is 0 Å². The average molecular weight is 425 g/mol. The third-order valence-corrected chi connectivity index (χ3v) is 3.95. The molecule has 1 heterocycles. The second-order valence-electron chi connectivity index (χ2n) is 7.31. The first-order valence-corrected chi connectivity index (χ1v) is 8.91. The number of alkyl halides is 1. The Morgan fingerprint density at radius 2 is 1.68 bits per heavy atom. The molecule has 0 aromatic heterocycles. The van der Waals surface area contributed by atoms with Crippen molar-refractivity contribution in [2.75, 3.05) is 19.7 Å². The number of carbonyl (C=O) groups is 2. The van der Waals surface area contributed by atoms with Crippen LogP contribution >= 0.6 is 22.6 Å². The molecule has 0 bridgehead atoms. The molecule has 1 rings (SSSR count). The standard InChI is InChI=1S/C16H28INO4/c1-15(2,3)22-14(20)18-9-6-12(7-10-18)8-11-21-13(19)16(4,5)17/h12H,6-11H2,1-5H3. The van der Waals surface area contributed by atoms with Crippen LogP contribution in [0.25, 0.3) is 0 Å². The van der Waals surface area contributed by atoms with Crippen LogP contribution in [0.15, 0.2) is 0 Å². The van der Waals surface area contributed by atoms with Crippen LogP contribution in [0.4, 0.5) is 4.79 Å². The van der Waals surface area contributed by atoms with Crippen molar-refractivity contribution in [1.82, 2.24) is 4.90 Å². The van der Waals surface area contributed by atoms with Crippen LogP contribution in [-0.2, 0) is 14.3 Å². The van der Waals surface area contributed by atoms with E-state index >= 15 is 0 Å². The predicted molar refractivity (Wildman–Crippen MR) is 94.2 cm³/mol. The van der Waals surface area contributed by atoms with Crippen molar-refractivity contribution >= 4 is 34.7 Å². The molecule has 0 radical (unpaired) electrons. The molecule has 5 nitrogen and oxygen atoms in total. The van der Waals surface area contributed by atoms with E-state index in [4.69, 9.17) is 9.47 Å². The molecule has 22 heavy (non-hydrogen) atoms. The lowest BCUT2D eigenvalue weighted by atomic mass is 9.94. The fraction of sp³-hybridized carbons (Fsp3) is 0.875. The van der Waals surface area contributed by atoms with E-state index in [1.165, 1.54) is 0 Å². The van der Waals surface area contributed by atoms with Crippen LogP contribution in [0.3, 0.4) is 0 Å². The fourth-order valence-electron chi connectivity index (χ4n) is 2.22. The Bertz CT molecular complexity index is 390. The maximum atomic E-state index is 12.0. The van der Waals surface area contributed by atoms with Crippen molar-refractivity contribution in [2.45, 2.75) is 62.9 Å². The number of halogens is 1. The van der Waals surface area contributed by atoms with Crippen molar-refractivity contribution in [3.8, 4) is 0 Å². The van der Waals surface area contributed by atoms with Crippen LogP contribution in [0.1, 0.15) is 53.9 Å². The molecule has 0 saturated carbocycles. The number of esters is 1. The second kappa shape index (κ2) is 7.84. The molecule has 1 aliphatic rings. The van der Waals surface area contributed by atoms with Gasteiger partial charge >= 0.3 is 12.1 Å². The summed E-state index contributed by atoms with van der Waals surface area (Å²) in [5.74, 6) is 0.336. The largest absolute Gasteiger partial charge is 0.465 e. The van der Waals surface area contributed by atoms with Crippen LogP contribution in [-0.4, -0.2) is 45.7 Å². The van der Waals surface area contributed by atoms with Gasteiger partial charge in [0.15, 0.2) is 0 Å². The Morgan fingerprint density at radius 1 is 1.14 bits per heavy atom. The number of likely N-dealkylation sites (tertiary alicyclic amines) is 1. The van der Waals surface area contributed by atoms with Crippen molar-refractivity contribution in [3.63, 3.8) is 0 Å². The molecule has 0 atom stereocenters. The van der Waals surface area contributed by atoms with E-state index in [0.29, 0.717) is 25.6 Å². The van der Waals surface area contributed by atoms with E-state index in [-0.39, 0.29) is 12.1 Å². The van der Waals surface area contributed by atoms with Gasteiger partial charge < -0.3 is 14.4 Å². The van der Waals surface area contributed by atoms with Crippen molar-refractivity contribution in [3.05, 3.63) is 0 Å². The molecule has 0 aliphatic carbocycles. The highest BCUT2D eigenvalue weighted by Crippen LogP contribution is 2.23. The minimum absolute atomic E-state index is 0.167. The van der Waals surface area contributed by atoms with E-state index in [0.717, 1.165) is 19.3 Å². The fourth-order valence-corrected chi connectivity index (χ4v) is 2.38. The summed E-state index contributed by atoms with van der Waals surface area (Å²) in [6.07, 6.45) is 2.50. The Labute approximate surface area is 147 Å². The highest BCUT2D eigenvalue weighted by Gasteiger charge is 2.28. The van der Waals surface area contributed by atoms with E-state index < -0.39 is 9.02 Å². The summed E-state index contributed by atoms with van der Waals surface area (Å²) in [5, 5.41) is 0. The Hall–Kier alpha value is -0.530. The summed E-state index contributed by atoms with van der Waals surface area (Å²) in [7, 11) is 0. The van der Waals surface area contributed by atoms with Gasteiger partial charge in [-0.3, -0.25) is 4.79 Å². The number of nitrogens with zero attached hydrogens (tertiary/aromatic N) is 1. The van der Waals surface area contributed by atoms with Crippen LogP contribution < -0.4 is 0 Å². The van der Waals surface area contributed by atoms with E-state index in [1.807, 2.05) is 34.6 Å². The SMILES string of the molecule is CC(C)(C)OC(=O)N1CCC(CCOC(=O)C(C)(C)I)CC1. The highest BCUT2D eigenvalue weighted by atomic mass is 127. The van der Waals surface area contributed by atoms with Crippen molar-refractivity contribution in [1.29, 1.82) is 0 Å². The maximum absolute atomic E-state index is 12.0. The Balaban J connectivity index is 2.26. The number of amides is 1. The molecule has 6 heteroatoms. The van der Waals surface area contributed by atoms with Gasteiger partial charge in [-0.2, -0.15) is 0 Å². The molecule has 0 aromatic carbocycles. The van der Waals surface area contributed by atoms with Gasteiger partial charge in [0.05, 0.1) is 6.61 Å². The Kier molecular flexibility index (Phi) is 6.95. The molecular weight excluding hydrogens is 397 g/mol. The normalized spacial score (nSPS) is 17.3. The van der Waals surface area contributed by atoms with Gasteiger partial charge in [-0.25, -0.2) is 4.79 Å². The van der Waals surface area contributed by atoms with Crippen molar-refractivity contribution in [2.24, 2.45) is 5.92 Å². The van der Waals surface area contributed by atoms with Gasteiger partial charge in [0.25, 0.3) is 0 Å². The summed E-state index contributed by atoms with van der Waals surface area (Å²) < 4.78 is 10.2. The zero-order valence-electron chi connectivity index (χ0n) is 14.3. The summed E-state index contributed by atoms with van der Waals surface area (Å²) in [6.45, 7) is 11.2. The monoisotopic (exact) mass is 425 g/mol. The lowest BCUT2D eigenvalue weighted by Gasteiger charge is -2.33. The van der Waals surface area contributed by atoms with Gasteiger partial charge in [-0.05, 0) is 59.8 Å². The molecule has 1 saturated heterocycles. The minimum Gasteiger partial charge on any atom is -0.465 e.